The van der Waals surface area contributed by atoms with E-state index in [-0.39, 0.29) is 0 Å². The van der Waals surface area contributed by atoms with E-state index in [2.05, 4.69) is 0 Å². The van der Waals surface area contributed by atoms with Gasteiger partial charge in [-0.15, -0.1) is 0 Å². The van der Waals surface area contributed by atoms with Crippen molar-refractivity contribution in [1.29, 1.82) is 0 Å². The molecule has 19 heavy (non-hydrogen) atoms. The van der Waals surface area contributed by atoms with Crippen LogP contribution in [0, 0.1) is 0 Å². The Morgan fingerprint density at radius 1 is 1.37 bits per heavy atom. The van der Waals surface area contributed by atoms with Gasteiger partial charge < -0.3 is 15.0 Å². The Morgan fingerprint density at radius 2 is 2.05 bits per heavy atom. The summed E-state index contributed by atoms with van der Waals surface area (Å²) in [6.07, 6.45) is 2.40. The second-order valence-corrected chi connectivity index (χ2v) is 4.38. The molecule has 0 saturated heterocycles. The van der Waals surface area contributed by atoms with Gasteiger partial charge in [0.05, 0.1) is 18.2 Å². The zero-order valence-electron chi connectivity index (χ0n) is 11.2. The topological polar surface area (TPSA) is 74.3 Å². The van der Waals surface area contributed by atoms with Gasteiger partial charge in [0.25, 0.3) is 11.7 Å². The van der Waals surface area contributed by atoms with Gasteiger partial charge in [0, 0.05) is 24.7 Å². The van der Waals surface area contributed by atoms with Crippen LogP contribution in [-0.4, -0.2) is 23.4 Å². The summed E-state index contributed by atoms with van der Waals surface area (Å²) in [5, 5.41) is 0.726. The minimum atomic E-state index is -0.943. The number of aryl methyl sites for hydroxylation is 2. The summed E-state index contributed by atoms with van der Waals surface area (Å²) in [5.41, 5.74) is 7.23. The molecule has 2 aromatic rings. The van der Waals surface area contributed by atoms with E-state index in [1.54, 1.807) is 17.9 Å². The third-order valence-corrected chi connectivity index (χ3v) is 3.24. The Kier molecular flexibility index (Phi) is 3.29. The summed E-state index contributed by atoms with van der Waals surface area (Å²) in [4.78, 5) is 22.9. The number of primary amides is 1. The molecule has 2 N–H and O–H groups in total. The fourth-order valence-electron chi connectivity index (χ4n) is 2.23. The fourth-order valence-corrected chi connectivity index (χ4v) is 2.23. The van der Waals surface area contributed by atoms with Gasteiger partial charge in [0.15, 0.2) is 0 Å². The number of hydrogen-bond acceptors (Lipinski definition) is 3. The van der Waals surface area contributed by atoms with Crippen molar-refractivity contribution in [3.63, 3.8) is 0 Å². The highest BCUT2D eigenvalue weighted by atomic mass is 16.5. The molecule has 0 atom stereocenters. The van der Waals surface area contributed by atoms with Gasteiger partial charge in [0.2, 0.25) is 0 Å². The number of aromatic nitrogens is 1. The average Bonchev–Trinajstić information content (AvgIpc) is 2.72. The van der Waals surface area contributed by atoms with Crippen molar-refractivity contribution in [2.45, 2.75) is 13.3 Å². The smallest absolute Gasteiger partial charge is 0.289 e. The molecule has 5 nitrogen and oxygen atoms in total. The lowest BCUT2D eigenvalue weighted by Gasteiger charge is -2.08. The summed E-state index contributed by atoms with van der Waals surface area (Å²) < 4.78 is 7.11. The third kappa shape index (κ3) is 2.07. The van der Waals surface area contributed by atoms with E-state index in [9.17, 15) is 9.59 Å². The highest BCUT2D eigenvalue weighted by Crippen LogP contribution is 2.29. The number of amides is 1. The van der Waals surface area contributed by atoms with Gasteiger partial charge in [0.1, 0.15) is 5.75 Å². The summed E-state index contributed by atoms with van der Waals surface area (Å²) in [6.45, 7) is 2.00. The molecular weight excluding hydrogens is 244 g/mol. The maximum Gasteiger partial charge on any atom is 0.289 e. The number of benzene rings is 1. The lowest BCUT2D eigenvalue weighted by Crippen LogP contribution is -2.22. The summed E-state index contributed by atoms with van der Waals surface area (Å²) in [7, 11) is 3.42. The van der Waals surface area contributed by atoms with Gasteiger partial charge >= 0.3 is 0 Å². The zero-order chi connectivity index (χ0) is 14.2. The first kappa shape index (κ1) is 13.1. The molecule has 100 valence electrons. The molecule has 1 aromatic carbocycles. The van der Waals surface area contributed by atoms with Crippen molar-refractivity contribution in [2.24, 2.45) is 12.8 Å². The van der Waals surface area contributed by atoms with Crippen molar-refractivity contribution in [3.8, 4) is 5.75 Å². The first-order valence-electron chi connectivity index (χ1n) is 5.99. The monoisotopic (exact) mass is 260 g/mol. The summed E-state index contributed by atoms with van der Waals surface area (Å²) in [5.74, 6) is -0.839. The molecule has 0 spiro atoms. The maximum atomic E-state index is 11.8. The molecule has 0 aliphatic carbocycles. The number of nitrogens with zero attached hydrogens (tertiary/aromatic N) is 1. The Labute approximate surface area is 110 Å². The third-order valence-electron chi connectivity index (χ3n) is 3.24. The first-order chi connectivity index (χ1) is 8.99. The number of fused-ring (bicyclic) bond motifs is 1. The van der Waals surface area contributed by atoms with Crippen LogP contribution in [0.5, 0.6) is 5.75 Å². The van der Waals surface area contributed by atoms with Crippen LogP contribution in [0.3, 0.4) is 0 Å². The van der Waals surface area contributed by atoms with Crippen LogP contribution < -0.4 is 10.5 Å². The fraction of sp³-hybridized carbons (Fsp3) is 0.286. The largest absolute Gasteiger partial charge is 0.496 e. The van der Waals surface area contributed by atoms with E-state index in [0.29, 0.717) is 5.56 Å². The lowest BCUT2D eigenvalue weighted by atomic mass is 10.0. The minimum Gasteiger partial charge on any atom is -0.496 e. The zero-order valence-corrected chi connectivity index (χ0v) is 11.2. The van der Waals surface area contributed by atoms with Crippen LogP contribution in [0.1, 0.15) is 22.8 Å². The summed E-state index contributed by atoms with van der Waals surface area (Å²) >= 11 is 0. The van der Waals surface area contributed by atoms with Gasteiger partial charge in [-0.05, 0) is 18.1 Å². The Morgan fingerprint density at radius 3 is 2.58 bits per heavy atom. The molecule has 0 radical (unpaired) electrons. The summed E-state index contributed by atoms with van der Waals surface area (Å²) in [6, 6.07) is 3.75. The van der Waals surface area contributed by atoms with Crippen LogP contribution >= 0.6 is 0 Å². The Bertz CT molecular complexity index is 671. The average molecular weight is 260 g/mol. The normalized spacial score (nSPS) is 10.7. The molecule has 1 aromatic heterocycles. The molecule has 1 amide bonds. The highest BCUT2D eigenvalue weighted by molar-refractivity contribution is 6.44. The molecule has 1 heterocycles. The van der Waals surface area contributed by atoms with Crippen molar-refractivity contribution >= 4 is 22.6 Å². The van der Waals surface area contributed by atoms with Gasteiger partial charge in [-0.2, -0.15) is 0 Å². The number of ether oxygens (including phenoxy) is 1. The quantitative estimate of drug-likeness (QED) is 0.667. The number of Topliss-reactive ketones (excluding diaryl/α,β-unsaturated/α-hetero) is 1. The molecule has 0 fully saturated rings. The Balaban J connectivity index is 2.75. The number of ketones is 1. The predicted octanol–water partition coefficient (Wildman–Crippen LogP) is 1.42. The van der Waals surface area contributed by atoms with Gasteiger partial charge in [-0.1, -0.05) is 6.92 Å². The van der Waals surface area contributed by atoms with Gasteiger partial charge in [-0.3, -0.25) is 9.59 Å². The van der Waals surface area contributed by atoms with Gasteiger partial charge in [-0.25, -0.2) is 0 Å². The van der Waals surface area contributed by atoms with Crippen LogP contribution in [0.25, 0.3) is 10.9 Å². The minimum absolute atomic E-state index is 0.336. The second kappa shape index (κ2) is 4.76. The van der Waals surface area contributed by atoms with Crippen molar-refractivity contribution in [2.75, 3.05) is 7.11 Å². The molecule has 0 bridgehead atoms. The maximum absolute atomic E-state index is 11.8. The number of hydrogen-bond donors (Lipinski definition) is 1. The molecule has 2 rings (SSSR count). The van der Waals surface area contributed by atoms with E-state index >= 15 is 0 Å². The number of rotatable bonds is 4. The van der Waals surface area contributed by atoms with E-state index in [4.69, 9.17) is 10.5 Å². The van der Waals surface area contributed by atoms with Crippen LogP contribution in [-0.2, 0) is 18.3 Å². The van der Waals surface area contributed by atoms with Crippen molar-refractivity contribution < 1.29 is 14.3 Å². The standard InChI is InChI=1S/C14H16N2O3/c1-4-8-5-9-10(13(17)14(15)18)7-16(2)11(9)6-12(8)19-3/h5-7H,4H2,1-3H3,(H2,15,18). The van der Waals surface area contributed by atoms with E-state index in [1.165, 1.54) is 0 Å². The van der Waals surface area contributed by atoms with Crippen molar-refractivity contribution in [1.82, 2.24) is 4.57 Å². The lowest BCUT2D eigenvalue weighted by molar-refractivity contribution is -0.114. The molecule has 0 saturated carbocycles. The van der Waals surface area contributed by atoms with Crippen LogP contribution in [0.15, 0.2) is 18.3 Å². The molecule has 0 unspecified atom stereocenters. The van der Waals surface area contributed by atoms with Crippen LogP contribution in [0.2, 0.25) is 0 Å². The second-order valence-electron chi connectivity index (χ2n) is 4.38. The number of methoxy groups -OCH3 is 1. The predicted molar refractivity (Wildman–Crippen MR) is 72.4 cm³/mol. The van der Waals surface area contributed by atoms with Crippen LogP contribution in [0.4, 0.5) is 0 Å². The van der Waals surface area contributed by atoms with E-state index < -0.39 is 11.7 Å². The van der Waals surface area contributed by atoms with E-state index in [0.717, 1.165) is 28.6 Å². The Hall–Kier alpha value is -2.30. The molecule has 0 aliphatic heterocycles. The first-order valence-corrected chi connectivity index (χ1v) is 5.99. The van der Waals surface area contributed by atoms with Crippen molar-refractivity contribution in [3.05, 3.63) is 29.5 Å². The number of nitrogens with two attached hydrogens (primary N) is 1. The number of carbonyl (C=O) groups excluding carboxylic acids is 2. The van der Waals surface area contributed by atoms with E-state index in [1.807, 2.05) is 26.1 Å². The molecular formula is C14H16N2O3. The molecule has 0 aliphatic rings. The SMILES string of the molecule is CCc1cc2c(C(=O)C(N)=O)cn(C)c2cc1OC. The molecule has 5 heteroatoms. The highest BCUT2D eigenvalue weighted by Gasteiger charge is 2.19. The number of carbonyl (C=O) groups is 2.